The molecule has 8 heteroatoms. The zero-order chi connectivity index (χ0) is 21.3. The van der Waals surface area contributed by atoms with E-state index in [-0.39, 0.29) is 29.5 Å². The molecule has 1 unspecified atom stereocenters. The summed E-state index contributed by atoms with van der Waals surface area (Å²) in [5.41, 5.74) is 0.750. The van der Waals surface area contributed by atoms with Crippen LogP contribution in [0.15, 0.2) is 23.2 Å². The molecule has 0 saturated carbocycles. The Hall–Kier alpha value is -1.26. The number of benzene rings is 1. The second kappa shape index (κ2) is 13.2. The predicted octanol–water partition coefficient (Wildman–Crippen LogP) is 3.17. The Labute approximate surface area is 198 Å². The van der Waals surface area contributed by atoms with Crippen LogP contribution in [0.1, 0.15) is 51.7 Å². The number of halogens is 1. The van der Waals surface area contributed by atoms with E-state index in [9.17, 15) is 5.11 Å². The van der Waals surface area contributed by atoms with Gasteiger partial charge in [-0.25, -0.2) is 0 Å². The van der Waals surface area contributed by atoms with Crippen molar-refractivity contribution in [1.82, 2.24) is 15.5 Å². The van der Waals surface area contributed by atoms with Crippen molar-refractivity contribution in [2.45, 2.75) is 51.7 Å². The smallest absolute Gasteiger partial charge is 0.191 e. The van der Waals surface area contributed by atoms with Gasteiger partial charge in [0.05, 0.1) is 26.9 Å². The lowest BCUT2D eigenvalue weighted by Crippen LogP contribution is -2.49. The highest BCUT2D eigenvalue weighted by Crippen LogP contribution is 2.26. The first-order valence-corrected chi connectivity index (χ1v) is 10.6. The first-order valence-electron chi connectivity index (χ1n) is 10.6. The van der Waals surface area contributed by atoms with E-state index in [0.717, 1.165) is 25.2 Å². The summed E-state index contributed by atoms with van der Waals surface area (Å²) in [6.07, 6.45) is 3.15. The van der Waals surface area contributed by atoms with Crippen molar-refractivity contribution < 1.29 is 14.6 Å². The third-order valence-electron chi connectivity index (χ3n) is 5.40. The number of aliphatic hydroxyl groups excluding tert-OH is 1. The Bertz CT molecular complexity index is 642. The van der Waals surface area contributed by atoms with Crippen LogP contribution in [0.5, 0.6) is 11.5 Å². The van der Waals surface area contributed by atoms with Crippen molar-refractivity contribution >= 4 is 29.9 Å². The van der Waals surface area contributed by atoms with E-state index in [1.165, 1.54) is 19.3 Å². The van der Waals surface area contributed by atoms with Crippen molar-refractivity contribution in [3.63, 3.8) is 0 Å². The highest BCUT2D eigenvalue weighted by atomic mass is 127. The van der Waals surface area contributed by atoms with Gasteiger partial charge in [-0.1, -0.05) is 6.42 Å². The quantitative estimate of drug-likeness (QED) is 0.257. The molecule has 1 heterocycles. The van der Waals surface area contributed by atoms with Crippen molar-refractivity contribution in [3.8, 4) is 11.5 Å². The number of likely N-dealkylation sites (tertiary alicyclic amines) is 1. The highest BCUT2D eigenvalue weighted by molar-refractivity contribution is 14.0. The SMILES string of the molecule is CCNC(=NCC(C)(C)N1CCCCC1)NCC(O)c1cc(OC)cc(OC)c1.I. The summed E-state index contributed by atoms with van der Waals surface area (Å²) in [5, 5.41) is 17.2. The lowest BCUT2D eigenvalue weighted by molar-refractivity contribution is 0.102. The molecule has 1 aliphatic rings. The fraction of sp³-hybridized carbons (Fsp3) is 0.682. The number of nitrogens with zero attached hydrogens (tertiary/aromatic N) is 2. The standard InChI is InChI=1S/C22H38N4O3.HI/c1-6-23-21(25-16-22(2,3)26-10-8-7-9-11-26)24-15-20(27)17-12-18(28-4)14-19(13-17)29-5;/h12-14,20,27H,6-11,15-16H2,1-5H3,(H2,23,24,25);1H. The molecule has 30 heavy (non-hydrogen) atoms. The fourth-order valence-corrected chi connectivity index (χ4v) is 3.55. The second-order valence-corrected chi connectivity index (χ2v) is 8.10. The average molecular weight is 534 g/mol. The minimum atomic E-state index is -0.710. The number of hydrogen-bond acceptors (Lipinski definition) is 5. The number of nitrogens with one attached hydrogen (secondary N) is 2. The van der Waals surface area contributed by atoms with Crippen LogP contribution in [0.25, 0.3) is 0 Å². The van der Waals surface area contributed by atoms with Gasteiger partial charge < -0.3 is 25.2 Å². The maximum atomic E-state index is 10.6. The molecule has 172 valence electrons. The van der Waals surface area contributed by atoms with Crippen LogP contribution in [-0.2, 0) is 0 Å². The zero-order valence-corrected chi connectivity index (χ0v) is 21.4. The van der Waals surface area contributed by atoms with Gasteiger partial charge in [0.2, 0.25) is 0 Å². The molecule has 7 nitrogen and oxygen atoms in total. The third kappa shape index (κ3) is 8.11. The second-order valence-electron chi connectivity index (χ2n) is 8.10. The maximum absolute atomic E-state index is 10.6. The third-order valence-corrected chi connectivity index (χ3v) is 5.40. The number of methoxy groups -OCH3 is 2. The predicted molar refractivity (Wildman–Crippen MR) is 133 cm³/mol. The number of aliphatic hydroxyl groups is 1. The molecule has 1 aromatic rings. The minimum Gasteiger partial charge on any atom is -0.497 e. The van der Waals surface area contributed by atoms with Gasteiger partial charge in [0.1, 0.15) is 11.5 Å². The van der Waals surface area contributed by atoms with Gasteiger partial charge >= 0.3 is 0 Å². The maximum Gasteiger partial charge on any atom is 0.191 e. The first-order chi connectivity index (χ1) is 13.9. The molecule has 0 aliphatic carbocycles. The molecule has 0 radical (unpaired) electrons. The van der Waals surface area contributed by atoms with E-state index >= 15 is 0 Å². The molecule has 1 saturated heterocycles. The molecule has 1 atom stereocenters. The normalized spacial score (nSPS) is 16.4. The summed E-state index contributed by atoms with van der Waals surface area (Å²) >= 11 is 0. The van der Waals surface area contributed by atoms with Crippen LogP contribution in [-0.4, -0.2) is 68.4 Å². The van der Waals surface area contributed by atoms with E-state index in [1.807, 2.05) is 19.1 Å². The van der Waals surface area contributed by atoms with Crippen LogP contribution < -0.4 is 20.1 Å². The van der Waals surface area contributed by atoms with Crippen LogP contribution >= 0.6 is 24.0 Å². The molecule has 1 aliphatic heterocycles. The topological polar surface area (TPSA) is 78.4 Å². The monoisotopic (exact) mass is 534 g/mol. The molecule has 0 bridgehead atoms. The Morgan fingerprint density at radius 1 is 1.10 bits per heavy atom. The number of rotatable bonds is 9. The van der Waals surface area contributed by atoms with Crippen LogP contribution in [0.2, 0.25) is 0 Å². The van der Waals surface area contributed by atoms with E-state index in [4.69, 9.17) is 14.5 Å². The summed E-state index contributed by atoms with van der Waals surface area (Å²) < 4.78 is 10.6. The molecule has 0 aromatic heterocycles. The van der Waals surface area contributed by atoms with E-state index in [0.29, 0.717) is 30.5 Å². The summed E-state index contributed by atoms with van der Waals surface area (Å²) in [6, 6.07) is 5.43. The van der Waals surface area contributed by atoms with Crippen LogP contribution in [0, 0.1) is 0 Å². The number of hydrogen-bond donors (Lipinski definition) is 3. The number of piperidine rings is 1. The van der Waals surface area contributed by atoms with Crippen molar-refractivity contribution in [1.29, 1.82) is 0 Å². The Morgan fingerprint density at radius 3 is 2.23 bits per heavy atom. The Morgan fingerprint density at radius 2 is 1.70 bits per heavy atom. The van der Waals surface area contributed by atoms with Gasteiger partial charge in [-0.05, 0) is 64.4 Å². The van der Waals surface area contributed by atoms with Gasteiger partial charge in [0.25, 0.3) is 0 Å². The highest BCUT2D eigenvalue weighted by Gasteiger charge is 2.27. The summed E-state index contributed by atoms with van der Waals surface area (Å²) in [4.78, 5) is 7.31. The molecule has 0 spiro atoms. The number of aliphatic imine (C=N–C) groups is 1. The van der Waals surface area contributed by atoms with Crippen LogP contribution in [0.4, 0.5) is 0 Å². The van der Waals surface area contributed by atoms with E-state index < -0.39 is 6.10 Å². The van der Waals surface area contributed by atoms with Gasteiger partial charge in [-0.2, -0.15) is 0 Å². The molecule has 3 N–H and O–H groups in total. The van der Waals surface area contributed by atoms with E-state index in [1.54, 1.807) is 20.3 Å². The van der Waals surface area contributed by atoms with Gasteiger partial charge in [0, 0.05) is 24.7 Å². The minimum absolute atomic E-state index is 0. The molecular formula is C22H39IN4O3. The lowest BCUT2D eigenvalue weighted by atomic mass is 9.99. The molecule has 2 rings (SSSR count). The lowest BCUT2D eigenvalue weighted by Gasteiger charge is -2.40. The summed E-state index contributed by atoms with van der Waals surface area (Å²) in [6.45, 7) is 10.6. The molecule has 0 amide bonds. The number of guanidine groups is 1. The van der Waals surface area contributed by atoms with Crippen molar-refractivity contribution in [2.24, 2.45) is 4.99 Å². The molecule has 1 aromatic carbocycles. The Balaban J connectivity index is 0.00000450. The van der Waals surface area contributed by atoms with Crippen LogP contribution in [0.3, 0.4) is 0 Å². The zero-order valence-electron chi connectivity index (χ0n) is 19.0. The van der Waals surface area contributed by atoms with Gasteiger partial charge in [0.15, 0.2) is 5.96 Å². The van der Waals surface area contributed by atoms with Gasteiger partial charge in [-0.3, -0.25) is 9.89 Å². The largest absolute Gasteiger partial charge is 0.497 e. The fourth-order valence-electron chi connectivity index (χ4n) is 3.55. The Kier molecular flexibility index (Phi) is 11.8. The van der Waals surface area contributed by atoms with Crippen molar-refractivity contribution in [3.05, 3.63) is 23.8 Å². The van der Waals surface area contributed by atoms with Gasteiger partial charge in [-0.15, -0.1) is 24.0 Å². The average Bonchev–Trinajstić information content (AvgIpc) is 2.75. The number of ether oxygens (including phenoxy) is 2. The summed E-state index contributed by atoms with van der Waals surface area (Å²) in [5.74, 6) is 2.02. The molecule has 1 fully saturated rings. The summed E-state index contributed by atoms with van der Waals surface area (Å²) in [7, 11) is 3.20. The first kappa shape index (κ1) is 26.8. The van der Waals surface area contributed by atoms with E-state index in [2.05, 4.69) is 29.4 Å². The molecular weight excluding hydrogens is 495 g/mol. The van der Waals surface area contributed by atoms with Crippen molar-refractivity contribution in [2.75, 3.05) is 46.9 Å².